The van der Waals surface area contributed by atoms with Crippen LogP contribution in [0.2, 0.25) is 5.02 Å². The predicted octanol–water partition coefficient (Wildman–Crippen LogP) is 4.17. The molecule has 0 unspecified atom stereocenters. The zero-order valence-corrected chi connectivity index (χ0v) is 14.0. The van der Waals surface area contributed by atoms with Gasteiger partial charge in [0.1, 0.15) is 16.8 Å². The zero-order chi connectivity index (χ0) is 16.2. The molecule has 0 saturated heterocycles. The molecule has 1 aromatic carbocycles. The zero-order valence-electron chi connectivity index (χ0n) is 12.4. The van der Waals surface area contributed by atoms with Crippen molar-refractivity contribution < 1.29 is 9.53 Å². The van der Waals surface area contributed by atoms with Crippen molar-refractivity contribution in [3.05, 3.63) is 45.3 Å². The number of nitrogens with zero attached hydrogens (tertiary/aromatic N) is 1. The summed E-state index contributed by atoms with van der Waals surface area (Å²) in [4.78, 5) is 13.3. The van der Waals surface area contributed by atoms with Crippen LogP contribution in [0.1, 0.15) is 28.8 Å². The molecule has 1 amide bonds. The molecule has 0 radical (unpaired) electrons. The summed E-state index contributed by atoms with van der Waals surface area (Å²) in [5.41, 5.74) is 1.74. The van der Waals surface area contributed by atoms with Gasteiger partial charge in [0.05, 0.1) is 23.6 Å². The number of fused-ring (bicyclic) bond motifs is 1. The highest BCUT2D eigenvalue weighted by molar-refractivity contribution is 7.16. The lowest BCUT2D eigenvalue weighted by atomic mass is 10.1. The highest BCUT2D eigenvalue weighted by atomic mass is 35.5. The molecule has 0 aliphatic heterocycles. The van der Waals surface area contributed by atoms with Crippen LogP contribution in [-0.2, 0) is 17.6 Å². The van der Waals surface area contributed by atoms with Crippen molar-refractivity contribution >= 4 is 33.8 Å². The van der Waals surface area contributed by atoms with E-state index in [0.29, 0.717) is 21.3 Å². The number of nitrogens with one attached hydrogen (secondary N) is 1. The van der Waals surface area contributed by atoms with Gasteiger partial charge in [-0.2, -0.15) is 5.26 Å². The SMILES string of the molecule is N#Cc1c(NC(=O)CCOc2ccccc2Cl)sc2c1CCC2. The number of hydrogen-bond acceptors (Lipinski definition) is 4. The molecule has 1 N–H and O–H groups in total. The first-order chi connectivity index (χ1) is 11.2. The van der Waals surface area contributed by atoms with Crippen molar-refractivity contribution in [3.63, 3.8) is 0 Å². The van der Waals surface area contributed by atoms with E-state index in [1.54, 1.807) is 12.1 Å². The molecular weight excluding hydrogens is 332 g/mol. The monoisotopic (exact) mass is 346 g/mol. The summed E-state index contributed by atoms with van der Waals surface area (Å²) < 4.78 is 5.51. The Morgan fingerprint density at radius 3 is 3.00 bits per heavy atom. The summed E-state index contributed by atoms with van der Waals surface area (Å²) in [6.45, 7) is 0.239. The van der Waals surface area contributed by atoms with Crippen molar-refractivity contribution in [1.29, 1.82) is 5.26 Å². The minimum absolute atomic E-state index is 0.159. The van der Waals surface area contributed by atoms with Gasteiger partial charge in [-0.25, -0.2) is 0 Å². The summed E-state index contributed by atoms with van der Waals surface area (Å²) in [7, 11) is 0. The highest BCUT2D eigenvalue weighted by Crippen LogP contribution is 2.38. The molecule has 1 aromatic heterocycles. The van der Waals surface area contributed by atoms with Gasteiger partial charge in [-0.3, -0.25) is 4.79 Å². The van der Waals surface area contributed by atoms with E-state index < -0.39 is 0 Å². The van der Waals surface area contributed by atoms with Gasteiger partial charge in [0.15, 0.2) is 0 Å². The summed E-state index contributed by atoms with van der Waals surface area (Å²) in [5.74, 6) is 0.406. The molecule has 0 saturated carbocycles. The van der Waals surface area contributed by atoms with Gasteiger partial charge in [-0.1, -0.05) is 23.7 Å². The van der Waals surface area contributed by atoms with Gasteiger partial charge in [0.2, 0.25) is 5.91 Å². The summed E-state index contributed by atoms with van der Waals surface area (Å²) >= 11 is 7.51. The summed E-state index contributed by atoms with van der Waals surface area (Å²) in [5, 5.41) is 13.3. The maximum atomic E-state index is 12.1. The summed E-state index contributed by atoms with van der Waals surface area (Å²) in [6, 6.07) is 9.37. The Hall–Kier alpha value is -2.03. The fourth-order valence-corrected chi connectivity index (χ4v) is 4.06. The standard InChI is InChI=1S/C17H15ClN2O2S/c18-13-5-1-2-6-14(13)22-9-8-16(21)20-17-12(10-19)11-4-3-7-15(11)23-17/h1-2,5-6H,3-4,7-9H2,(H,20,21). The van der Waals surface area contributed by atoms with Gasteiger partial charge in [-0.05, 0) is 37.0 Å². The number of hydrogen-bond donors (Lipinski definition) is 1. The lowest BCUT2D eigenvalue weighted by Gasteiger charge is -2.08. The Morgan fingerprint density at radius 1 is 1.39 bits per heavy atom. The fraction of sp³-hybridized carbons (Fsp3) is 0.294. The molecule has 4 nitrogen and oxygen atoms in total. The number of carbonyl (C=O) groups excluding carboxylic acids is 1. The Morgan fingerprint density at radius 2 is 2.22 bits per heavy atom. The van der Waals surface area contributed by atoms with E-state index in [1.807, 2.05) is 12.1 Å². The van der Waals surface area contributed by atoms with Crippen LogP contribution in [0.15, 0.2) is 24.3 Å². The second-order valence-electron chi connectivity index (χ2n) is 5.25. The molecule has 1 aliphatic carbocycles. The van der Waals surface area contributed by atoms with E-state index in [2.05, 4.69) is 11.4 Å². The third kappa shape index (κ3) is 3.49. The number of anilines is 1. The number of ether oxygens (including phenoxy) is 1. The van der Waals surface area contributed by atoms with Crippen molar-refractivity contribution in [2.24, 2.45) is 0 Å². The predicted molar refractivity (Wildman–Crippen MR) is 91.3 cm³/mol. The Balaban J connectivity index is 1.56. The number of amides is 1. The van der Waals surface area contributed by atoms with Gasteiger partial charge in [-0.15, -0.1) is 11.3 Å². The molecule has 3 rings (SSSR count). The second-order valence-corrected chi connectivity index (χ2v) is 6.76. The fourth-order valence-electron chi connectivity index (χ4n) is 2.62. The van der Waals surface area contributed by atoms with Crippen molar-refractivity contribution in [2.45, 2.75) is 25.7 Å². The molecule has 0 fully saturated rings. The van der Waals surface area contributed by atoms with Crippen LogP contribution in [0, 0.1) is 11.3 Å². The van der Waals surface area contributed by atoms with Gasteiger partial charge < -0.3 is 10.1 Å². The normalized spacial score (nSPS) is 12.5. The van der Waals surface area contributed by atoms with Crippen LogP contribution >= 0.6 is 22.9 Å². The number of benzene rings is 1. The molecule has 0 bridgehead atoms. The van der Waals surface area contributed by atoms with Crippen molar-refractivity contribution in [1.82, 2.24) is 0 Å². The minimum Gasteiger partial charge on any atom is -0.491 e. The second kappa shape index (κ2) is 7.03. The number of aryl methyl sites for hydroxylation is 1. The highest BCUT2D eigenvalue weighted by Gasteiger charge is 2.22. The average Bonchev–Trinajstić information content (AvgIpc) is 3.09. The number of para-hydroxylation sites is 1. The van der Waals surface area contributed by atoms with E-state index >= 15 is 0 Å². The molecule has 2 aromatic rings. The number of nitriles is 1. The molecule has 118 valence electrons. The third-order valence-corrected chi connectivity index (χ3v) is 5.23. The lowest BCUT2D eigenvalue weighted by molar-refractivity contribution is -0.116. The quantitative estimate of drug-likeness (QED) is 0.883. The molecule has 1 aliphatic rings. The van der Waals surface area contributed by atoms with Gasteiger partial charge in [0, 0.05) is 4.88 Å². The lowest BCUT2D eigenvalue weighted by Crippen LogP contribution is -2.15. The molecule has 23 heavy (non-hydrogen) atoms. The maximum absolute atomic E-state index is 12.1. The van der Waals surface area contributed by atoms with Crippen LogP contribution in [0.25, 0.3) is 0 Å². The maximum Gasteiger partial charge on any atom is 0.228 e. The molecule has 6 heteroatoms. The van der Waals surface area contributed by atoms with Crippen LogP contribution in [0.5, 0.6) is 5.75 Å². The van der Waals surface area contributed by atoms with Crippen molar-refractivity contribution in [2.75, 3.05) is 11.9 Å². The topological polar surface area (TPSA) is 62.1 Å². The van der Waals surface area contributed by atoms with E-state index in [1.165, 1.54) is 16.2 Å². The van der Waals surface area contributed by atoms with Crippen LogP contribution in [-0.4, -0.2) is 12.5 Å². The number of halogens is 1. The Labute approximate surface area is 143 Å². The minimum atomic E-state index is -0.159. The first-order valence-corrected chi connectivity index (χ1v) is 8.60. The number of thiophene rings is 1. The first-order valence-electron chi connectivity index (χ1n) is 7.41. The average molecular weight is 347 g/mol. The van der Waals surface area contributed by atoms with Gasteiger partial charge >= 0.3 is 0 Å². The van der Waals surface area contributed by atoms with E-state index in [-0.39, 0.29) is 18.9 Å². The smallest absolute Gasteiger partial charge is 0.228 e. The Bertz CT molecular complexity index is 779. The first kappa shape index (κ1) is 15.9. The number of carbonyl (C=O) groups is 1. The van der Waals surface area contributed by atoms with E-state index in [0.717, 1.165) is 24.8 Å². The third-order valence-electron chi connectivity index (χ3n) is 3.71. The molecule has 0 atom stereocenters. The van der Waals surface area contributed by atoms with Crippen LogP contribution < -0.4 is 10.1 Å². The molecule has 0 spiro atoms. The molecule has 1 heterocycles. The van der Waals surface area contributed by atoms with E-state index in [9.17, 15) is 10.1 Å². The van der Waals surface area contributed by atoms with Crippen molar-refractivity contribution in [3.8, 4) is 11.8 Å². The van der Waals surface area contributed by atoms with Crippen LogP contribution in [0.3, 0.4) is 0 Å². The number of rotatable bonds is 5. The Kier molecular flexibility index (Phi) is 4.85. The summed E-state index contributed by atoms with van der Waals surface area (Å²) in [6.07, 6.45) is 3.23. The van der Waals surface area contributed by atoms with Crippen LogP contribution in [0.4, 0.5) is 5.00 Å². The largest absolute Gasteiger partial charge is 0.491 e. The van der Waals surface area contributed by atoms with E-state index in [4.69, 9.17) is 16.3 Å². The molecular formula is C17H15ClN2O2S. The van der Waals surface area contributed by atoms with Gasteiger partial charge in [0.25, 0.3) is 0 Å².